The molecule has 1 atom stereocenters. The van der Waals surface area contributed by atoms with Gasteiger partial charge >= 0.3 is 0 Å². The summed E-state index contributed by atoms with van der Waals surface area (Å²) in [6.45, 7) is 4.55. The summed E-state index contributed by atoms with van der Waals surface area (Å²) >= 11 is 0. The highest BCUT2D eigenvalue weighted by Gasteiger charge is 2.24. The lowest BCUT2D eigenvalue weighted by Gasteiger charge is -2.26. The summed E-state index contributed by atoms with van der Waals surface area (Å²) in [5.74, 6) is 0.563. The Morgan fingerprint density at radius 3 is 2.71 bits per heavy atom. The third kappa shape index (κ3) is 3.27. The molecule has 1 aliphatic carbocycles. The van der Waals surface area contributed by atoms with Gasteiger partial charge in [0.1, 0.15) is 0 Å². The Hall–Kier alpha value is -2.45. The molecule has 2 aromatic heterocycles. The van der Waals surface area contributed by atoms with E-state index in [1.165, 1.54) is 15.4 Å². The molecule has 0 spiro atoms. The summed E-state index contributed by atoms with van der Waals surface area (Å²) in [6.07, 6.45) is 4.80. The first-order valence-corrected chi connectivity index (χ1v) is 11.2. The zero-order valence-electron chi connectivity index (χ0n) is 16.2. The summed E-state index contributed by atoms with van der Waals surface area (Å²) in [5.41, 5.74) is 3.24. The van der Waals surface area contributed by atoms with E-state index in [0.717, 1.165) is 19.3 Å². The maximum atomic E-state index is 12.9. The number of anilines is 1. The van der Waals surface area contributed by atoms with Gasteiger partial charge in [0.05, 0.1) is 10.9 Å². The van der Waals surface area contributed by atoms with Crippen LogP contribution in [0.1, 0.15) is 43.9 Å². The van der Waals surface area contributed by atoms with Crippen LogP contribution in [0.4, 0.5) is 5.95 Å². The van der Waals surface area contributed by atoms with Gasteiger partial charge in [0, 0.05) is 19.3 Å². The summed E-state index contributed by atoms with van der Waals surface area (Å²) < 4.78 is 28.9. The van der Waals surface area contributed by atoms with Crippen LogP contribution < -0.4 is 5.32 Å². The van der Waals surface area contributed by atoms with Crippen LogP contribution in [-0.4, -0.2) is 40.4 Å². The van der Waals surface area contributed by atoms with E-state index in [9.17, 15) is 8.42 Å². The van der Waals surface area contributed by atoms with Gasteiger partial charge in [0.25, 0.3) is 0 Å². The largest absolute Gasteiger partial charge is 0.347 e. The van der Waals surface area contributed by atoms with Crippen molar-refractivity contribution in [1.29, 1.82) is 0 Å². The molecular weight excluding hydrogens is 374 g/mol. The second kappa shape index (κ2) is 7.52. The van der Waals surface area contributed by atoms with E-state index in [1.54, 1.807) is 22.7 Å². The molecule has 0 saturated carbocycles. The Kier molecular flexibility index (Phi) is 5.07. The molecule has 0 amide bonds. The average Bonchev–Trinajstić information content (AvgIpc) is 3.11. The van der Waals surface area contributed by atoms with E-state index < -0.39 is 10.0 Å². The van der Waals surface area contributed by atoms with Crippen molar-refractivity contribution in [2.24, 2.45) is 0 Å². The van der Waals surface area contributed by atoms with Crippen molar-refractivity contribution >= 4 is 21.6 Å². The van der Waals surface area contributed by atoms with Crippen LogP contribution in [0.2, 0.25) is 0 Å². The molecule has 7 nitrogen and oxygen atoms in total. The number of aromatic nitrogens is 3. The van der Waals surface area contributed by atoms with Crippen LogP contribution in [0.15, 0.2) is 47.5 Å². The lowest BCUT2D eigenvalue weighted by Crippen LogP contribution is -2.30. The predicted octanol–water partition coefficient (Wildman–Crippen LogP) is 3.25. The van der Waals surface area contributed by atoms with Crippen LogP contribution in [-0.2, 0) is 16.4 Å². The van der Waals surface area contributed by atoms with Gasteiger partial charge in [-0.1, -0.05) is 38.1 Å². The fourth-order valence-corrected chi connectivity index (χ4v) is 5.35. The normalized spacial score (nSPS) is 17.0. The molecule has 8 heteroatoms. The third-order valence-electron chi connectivity index (χ3n) is 5.39. The second-order valence-corrected chi connectivity index (χ2v) is 8.93. The first-order valence-electron chi connectivity index (χ1n) is 9.74. The lowest BCUT2D eigenvalue weighted by atomic mass is 9.88. The van der Waals surface area contributed by atoms with Crippen molar-refractivity contribution in [2.45, 2.75) is 44.0 Å². The van der Waals surface area contributed by atoms with Gasteiger partial charge in [-0.2, -0.15) is 4.31 Å². The Balaban J connectivity index is 1.70. The fraction of sp³-hybridized carbons (Fsp3) is 0.400. The van der Waals surface area contributed by atoms with E-state index in [0.29, 0.717) is 24.7 Å². The third-order valence-corrected chi connectivity index (χ3v) is 7.42. The highest BCUT2D eigenvalue weighted by atomic mass is 32.2. The number of benzene rings is 1. The Morgan fingerprint density at radius 1 is 1.14 bits per heavy atom. The molecule has 1 aliphatic rings. The number of sulfonamides is 1. The minimum atomic E-state index is -3.54. The number of fused-ring (bicyclic) bond motifs is 2. The van der Waals surface area contributed by atoms with E-state index in [2.05, 4.69) is 39.8 Å². The highest BCUT2D eigenvalue weighted by Crippen LogP contribution is 2.32. The van der Waals surface area contributed by atoms with Crippen molar-refractivity contribution in [2.75, 3.05) is 18.4 Å². The monoisotopic (exact) mass is 399 g/mol. The molecule has 28 heavy (non-hydrogen) atoms. The van der Waals surface area contributed by atoms with Crippen LogP contribution in [0, 0.1) is 0 Å². The number of aryl methyl sites for hydroxylation is 1. The van der Waals surface area contributed by atoms with E-state index in [1.807, 2.05) is 13.8 Å². The van der Waals surface area contributed by atoms with Gasteiger partial charge < -0.3 is 5.32 Å². The van der Waals surface area contributed by atoms with Crippen molar-refractivity contribution in [1.82, 2.24) is 18.9 Å². The van der Waals surface area contributed by atoms with Gasteiger partial charge in [0.2, 0.25) is 16.0 Å². The van der Waals surface area contributed by atoms with Gasteiger partial charge in [-0.3, -0.25) is 4.40 Å². The molecule has 1 unspecified atom stereocenters. The van der Waals surface area contributed by atoms with Gasteiger partial charge in [-0.15, -0.1) is 10.2 Å². The number of nitrogens with zero attached hydrogens (tertiary/aromatic N) is 4. The standard InChI is InChI=1S/C20H25N5O2S/c1-3-24(4-2)28(26,27)16-12-13-19-22-23-20(25(19)14-16)21-18-11-7-9-15-8-5-6-10-17(15)18/h5-6,8,10,12-14,18H,3-4,7,9,11H2,1-2H3,(H,21,23). The van der Waals surface area contributed by atoms with Crippen LogP contribution in [0.3, 0.4) is 0 Å². The highest BCUT2D eigenvalue weighted by molar-refractivity contribution is 7.89. The molecule has 1 aromatic carbocycles. The average molecular weight is 400 g/mol. The first-order chi connectivity index (χ1) is 13.5. The van der Waals surface area contributed by atoms with Gasteiger partial charge in [-0.25, -0.2) is 8.42 Å². The number of nitrogens with one attached hydrogen (secondary N) is 1. The Morgan fingerprint density at radius 2 is 1.93 bits per heavy atom. The molecule has 148 valence electrons. The minimum Gasteiger partial charge on any atom is -0.347 e. The number of hydrogen-bond acceptors (Lipinski definition) is 5. The minimum absolute atomic E-state index is 0.139. The van der Waals surface area contributed by atoms with Gasteiger partial charge in [0.15, 0.2) is 5.65 Å². The summed E-state index contributed by atoms with van der Waals surface area (Å²) in [7, 11) is -3.54. The smallest absolute Gasteiger partial charge is 0.244 e. The molecule has 0 aliphatic heterocycles. The Labute approximate surface area is 165 Å². The zero-order chi connectivity index (χ0) is 19.7. The van der Waals surface area contributed by atoms with Crippen LogP contribution in [0.5, 0.6) is 0 Å². The van der Waals surface area contributed by atoms with Crippen molar-refractivity contribution in [3.05, 3.63) is 53.7 Å². The number of pyridine rings is 1. The van der Waals surface area contributed by atoms with Crippen molar-refractivity contribution in [3.63, 3.8) is 0 Å². The van der Waals surface area contributed by atoms with Crippen LogP contribution in [0.25, 0.3) is 5.65 Å². The predicted molar refractivity (Wildman–Crippen MR) is 109 cm³/mol. The molecule has 3 aromatic rings. The van der Waals surface area contributed by atoms with Crippen molar-refractivity contribution in [3.8, 4) is 0 Å². The lowest BCUT2D eigenvalue weighted by molar-refractivity contribution is 0.445. The fourth-order valence-electron chi connectivity index (χ4n) is 3.89. The second-order valence-electron chi connectivity index (χ2n) is 6.99. The summed E-state index contributed by atoms with van der Waals surface area (Å²) in [6, 6.07) is 11.9. The molecule has 0 saturated heterocycles. The number of rotatable bonds is 6. The van der Waals surface area contributed by atoms with Crippen molar-refractivity contribution < 1.29 is 8.42 Å². The maximum absolute atomic E-state index is 12.9. The van der Waals surface area contributed by atoms with Crippen LogP contribution >= 0.6 is 0 Å². The maximum Gasteiger partial charge on any atom is 0.244 e. The SMILES string of the molecule is CCN(CC)S(=O)(=O)c1ccc2nnc(NC3CCCc4ccccc43)n2c1. The molecule has 0 fully saturated rings. The topological polar surface area (TPSA) is 79.6 Å². The summed E-state index contributed by atoms with van der Waals surface area (Å²) in [4.78, 5) is 0.246. The molecular formula is C20H25N5O2S. The molecule has 2 heterocycles. The quantitative estimate of drug-likeness (QED) is 0.688. The first kappa shape index (κ1) is 18.9. The van der Waals surface area contributed by atoms with Gasteiger partial charge in [-0.05, 0) is 42.5 Å². The summed E-state index contributed by atoms with van der Waals surface area (Å²) in [5, 5.41) is 11.9. The molecule has 1 N–H and O–H groups in total. The Bertz CT molecular complexity index is 1090. The molecule has 0 radical (unpaired) electrons. The zero-order valence-corrected chi connectivity index (χ0v) is 17.0. The number of hydrogen-bond donors (Lipinski definition) is 1. The van der Waals surface area contributed by atoms with E-state index >= 15 is 0 Å². The molecule has 0 bridgehead atoms. The van der Waals surface area contributed by atoms with E-state index in [-0.39, 0.29) is 10.9 Å². The molecule has 4 rings (SSSR count). The van der Waals surface area contributed by atoms with E-state index in [4.69, 9.17) is 0 Å².